The van der Waals surface area contributed by atoms with Crippen LogP contribution in [-0.4, -0.2) is 11.4 Å². The molecule has 0 saturated heterocycles. The second-order valence-corrected chi connectivity index (χ2v) is 7.15. The van der Waals surface area contributed by atoms with Crippen LogP contribution in [0, 0.1) is 0 Å². The maximum Gasteiger partial charge on any atom is 0.240 e. The molecule has 1 fully saturated rings. The van der Waals surface area contributed by atoms with Gasteiger partial charge in [0.05, 0.1) is 18.8 Å². The molecule has 0 spiro atoms. The molecule has 0 heterocycles. The first-order valence-electron chi connectivity index (χ1n) is 9.43. The van der Waals surface area contributed by atoms with Crippen LogP contribution >= 0.6 is 12.4 Å². The van der Waals surface area contributed by atoms with Crippen molar-refractivity contribution in [3.05, 3.63) is 71.3 Å². The molecule has 0 unspecified atom stereocenters. The predicted molar refractivity (Wildman–Crippen MR) is 110 cm³/mol. The molecular formula is C22H29ClN2O2. The quantitative estimate of drug-likeness (QED) is 0.750. The van der Waals surface area contributed by atoms with Gasteiger partial charge in [-0.1, -0.05) is 73.9 Å². The number of rotatable bonds is 7. The van der Waals surface area contributed by atoms with E-state index in [9.17, 15) is 4.79 Å². The van der Waals surface area contributed by atoms with Gasteiger partial charge in [0, 0.05) is 6.54 Å². The zero-order valence-electron chi connectivity index (χ0n) is 15.7. The van der Waals surface area contributed by atoms with Crippen LogP contribution in [0.25, 0.3) is 0 Å². The van der Waals surface area contributed by atoms with E-state index in [1.54, 1.807) is 0 Å². The van der Waals surface area contributed by atoms with Gasteiger partial charge in [-0.15, -0.1) is 12.4 Å². The zero-order valence-corrected chi connectivity index (χ0v) is 16.5. The summed E-state index contributed by atoms with van der Waals surface area (Å²) in [6.07, 6.45) is 4.80. The Morgan fingerprint density at radius 2 is 1.56 bits per heavy atom. The first kappa shape index (κ1) is 21.4. The van der Waals surface area contributed by atoms with E-state index in [1.165, 1.54) is 6.42 Å². The molecule has 27 heavy (non-hydrogen) atoms. The smallest absolute Gasteiger partial charge is 0.240 e. The predicted octanol–water partition coefficient (Wildman–Crippen LogP) is 4.10. The first-order chi connectivity index (χ1) is 12.7. The highest BCUT2D eigenvalue weighted by atomic mass is 35.5. The first-order valence-corrected chi connectivity index (χ1v) is 9.43. The van der Waals surface area contributed by atoms with Gasteiger partial charge in [-0.2, -0.15) is 0 Å². The average Bonchev–Trinajstić information content (AvgIpc) is 2.68. The van der Waals surface area contributed by atoms with Crippen molar-refractivity contribution < 1.29 is 9.53 Å². The summed E-state index contributed by atoms with van der Waals surface area (Å²) in [5.74, 6) is -0.0304. The summed E-state index contributed by atoms with van der Waals surface area (Å²) >= 11 is 0. The minimum Gasteiger partial charge on any atom is -0.372 e. The molecule has 2 aromatic carbocycles. The molecule has 0 bridgehead atoms. The number of carbonyl (C=O) groups excluding carboxylic acids is 1. The van der Waals surface area contributed by atoms with Crippen molar-refractivity contribution in [1.82, 2.24) is 5.32 Å². The molecule has 1 saturated carbocycles. The van der Waals surface area contributed by atoms with E-state index in [-0.39, 0.29) is 18.3 Å². The minimum absolute atomic E-state index is 0. The van der Waals surface area contributed by atoms with Crippen LogP contribution in [0.4, 0.5) is 0 Å². The molecule has 3 rings (SSSR count). The fourth-order valence-corrected chi connectivity index (χ4v) is 3.49. The number of carbonyl (C=O) groups is 1. The van der Waals surface area contributed by atoms with Crippen molar-refractivity contribution in [3.8, 4) is 0 Å². The molecule has 3 N–H and O–H groups in total. The summed E-state index contributed by atoms with van der Waals surface area (Å²) in [6.45, 7) is 1.59. The third-order valence-electron chi connectivity index (χ3n) is 5.12. The van der Waals surface area contributed by atoms with Crippen LogP contribution in [0.5, 0.6) is 0 Å². The standard InChI is InChI=1S/C22H28N2O2.ClH/c23-22(13-7-2-8-14-22)21(25)24-15-19-11-5-6-12-20(19)17-26-16-18-9-3-1-4-10-18;/h1,3-6,9-12H,2,7-8,13-17,23H2,(H,24,25);1H. The van der Waals surface area contributed by atoms with Crippen molar-refractivity contribution >= 4 is 18.3 Å². The van der Waals surface area contributed by atoms with Crippen molar-refractivity contribution in [3.63, 3.8) is 0 Å². The second-order valence-electron chi connectivity index (χ2n) is 7.15. The van der Waals surface area contributed by atoms with Gasteiger partial charge in [0.1, 0.15) is 0 Å². The number of ether oxygens (including phenoxy) is 1. The molecule has 5 heteroatoms. The van der Waals surface area contributed by atoms with Crippen LogP contribution in [0.15, 0.2) is 54.6 Å². The fourth-order valence-electron chi connectivity index (χ4n) is 3.49. The number of hydrogen-bond acceptors (Lipinski definition) is 3. The van der Waals surface area contributed by atoms with Crippen LogP contribution in [-0.2, 0) is 29.3 Å². The molecule has 1 aliphatic rings. The fraction of sp³-hybridized carbons (Fsp3) is 0.409. The minimum atomic E-state index is -0.697. The van der Waals surface area contributed by atoms with E-state index >= 15 is 0 Å². The summed E-state index contributed by atoms with van der Waals surface area (Å²) in [7, 11) is 0. The zero-order chi connectivity index (χ0) is 18.2. The van der Waals surface area contributed by atoms with Gasteiger partial charge < -0.3 is 15.8 Å². The van der Waals surface area contributed by atoms with E-state index in [0.717, 1.165) is 42.4 Å². The molecule has 0 atom stereocenters. The summed E-state index contributed by atoms with van der Waals surface area (Å²) < 4.78 is 5.85. The number of nitrogens with one attached hydrogen (secondary N) is 1. The summed E-state index contributed by atoms with van der Waals surface area (Å²) in [5.41, 5.74) is 8.94. The topological polar surface area (TPSA) is 64.4 Å². The monoisotopic (exact) mass is 388 g/mol. The lowest BCUT2D eigenvalue weighted by atomic mass is 9.82. The van der Waals surface area contributed by atoms with E-state index in [4.69, 9.17) is 10.5 Å². The summed E-state index contributed by atoms with van der Waals surface area (Å²) in [6, 6.07) is 18.2. The van der Waals surface area contributed by atoms with E-state index < -0.39 is 5.54 Å². The van der Waals surface area contributed by atoms with Crippen molar-refractivity contribution in [2.45, 2.75) is 57.4 Å². The highest BCUT2D eigenvalue weighted by Crippen LogP contribution is 2.26. The Labute approximate surface area is 167 Å². The van der Waals surface area contributed by atoms with Crippen LogP contribution in [0.3, 0.4) is 0 Å². The Balaban J connectivity index is 0.00000261. The molecule has 2 aromatic rings. The van der Waals surface area contributed by atoms with Gasteiger partial charge in [-0.3, -0.25) is 4.79 Å². The molecule has 1 amide bonds. The Bertz CT molecular complexity index is 715. The number of amides is 1. The number of hydrogen-bond donors (Lipinski definition) is 2. The van der Waals surface area contributed by atoms with Crippen molar-refractivity contribution in [2.75, 3.05) is 0 Å². The molecular weight excluding hydrogens is 360 g/mol. The molecule has 146 valence electrons. The summed E-state index contributed by atoms with van der Waals surface area (Å²) in [5, 5.41) is 3.04. The van der Waals surface area contributed by atoms with Gasteiger partial charge in [-0.25, -0.2) is 0 Å². The van der Waals surface area contributed by atoms with Gasteiger partial charge in [-0.05, 0) is 29.5 Å². The SMILES string of the molecule is Cl.NC1(C(=O)NCc2ccccc2COCc2ccccc2)CCCCC1. The Kier molecular flexibility index (Phi) is 8.29. The van der Waals surface area contributed by atoms with Crippen molar-refractivity contribution in [2.24, 2.45) is 5.73 Å². The molecule has 4 nitrogen and oxygen atoms in total. The lowest BCUT2D eigenvalue weighted by Gasteiger charge is -2.31. The van der Waals surface area contributed by atoms with Crippen LogP contribution < -0.4 is 11.1 Å². The van der Waals surface area contributed by atoms with Crippen LogP contribution in [0.2, 0.25) is 0 Å². The Morgan fingerprint density at radius 3 is 2.26 bits per heavy atom. The van der Waals surface area contributed by atoms with Crippen molar-refractivity contribution in [1.29, 1.82) is 0 Å². The molecule has 0 aliphatic heterocycles. The molecule has 0 radical (unpaired) electrons. The van der Waals surface area contributed by atoms with Gasteiger partial charge in [0.15, 0.2) is 0 Å². The molecule has 1 aliphatic carbocycles. The number of halogens is 1. The Hall–Kier alpha value is -1.88. The highest BCUT2D eigenvalue weighted by Gasteiger charge is 2.34. The maximum absolute atomic E-state index is 12.5. The lowest BCUT2D eigenvalue weighted by molar-refractivity contribution is -0.127. The third-order valence-corrected chi connectivity index (χ3v) is 5.12. The Morgan fingerprint density at radius 1 is 0.926 bits per heavy atom. The van der Waals surface area contributed by atoms with Gasteiger partial charge >= 0.3 is 0 Å². The normalized spacial score (nSPS) is 15.6. The number of nitrogens with two attached hydrogens (primary N) is 1. The van der Waals surface area contributed by atoms with Gasteiger partial charge in [0.2, 0.25) is 5.91 Å². The van der Waals surface area contributed by atoms with E-state index in [2.05, 4.69) is 17.4 Å². The maximum atomic E-state index is 12.5. The van der Waals surface area contributed by atoms with Gasteiger partial charge in [0.25, 0.3) is 0 Å². The average molecular weight is 389 g/mol. The number of benzene rings is 2. The highest BCUT2D eigenvalue weighted by molar-refractivity contribution is 5.86. The van der Waals surface area contributed by atoms with E-state index in [1.807, 2.05) is 42.5 Å². The largest absolute Gasteiger partial charge is 0.372 e. The molecule has 0 aromatic heterocycles. The lowest BCUT2D eigenvalue weighted by Crippen LogP contribution is -2.54. The second kappa shape index (κ2) is 10.5. The van der Waals surface area contributed by atoms with Crippen LogP contribution in [0.1, 0.15) is 48.8 Å². The van der Waals surface area contributed by atoms with E-state index in [0.29, 0.717) is 19.8 Å². The summed E-state index contributed by atoms with van der Waals surface area (Å²) in [4.78, 5) is 12.5. The third kappa shape index (κ3) is 6.06.